The lowest BCUT2D eigenvalue weighted by Gasteiger charge is -2.19. The number of anilines is 2. The smallest absolute Gasteiger partial charge is 0.142 e. The highest BCUT2D eigenvalue weighted by Crippen LogP contribution is 2.48. The number of hydrogen-bond donors (Lipinski definition) is 1. The first-order valence-electron chi connectivity index (χ1n) is 6.36. The second kappa shape index (κ2) is 5.13. The Balaban J connectivity index is 1.84. The zero-order chi connectivity index (χ0) is 13.4. The summed E-state index contributed by atoms with van der Waals surface area (Å²) in [5.41, 5.74) is 8.55. The second-order valence-corrected chi connectivity index (χ2v) is 6.61. The number of nitrogens with two attached hydrogens (primary N) is 1. The Morgan fingerprint density at radius 1 is 1.42 bits per heavy atom. The van der Waals surface area contributed by atoms with E-state index in [2.05, 4.69) is 50.5 Å². The third-order valence-electron chi connectivity index (χ3n) is 3.43. The number of rotatable bonds is 4. The van der Waals surface area contributed by atoms with Crippen LogP contribution in [0.15, 0.2) is 28.7 Å². The van der Waals surface area contributed by atoms with Gasteiger partial charge in [0.15, 0.2) is 0 Å². The molecule has 1 aliphatic carbocycles. The van der Waals surface area contributed by atoms with Gasteiger partial charge in [0, 0.05) is 23.6 Å². The number of halogens is 1. The lowest BCUT2D eigenvalue weighted by Crippen LogP contribution is -2.16. The van der Waals surface area contributed by atoms with E-state index in [0.29, 0.717) is 5.92 Å². The van der Waals surface area contributed by atoms with Gasteiger partial charge in [-0.15, -0.1) is 0 Å². The molecule has 3 nitrogen and oxygen atoms in total. The Morgan fingerprint density at radius 2 is 2.16 bits per heavy atom. The molecule has 1 fully saturated rings. The molecule has 0 bridgehead atoms. The second-order valence-electron chi connectivity index (χ2n) is 5.01. The van der Waals surface area contributed by atoms with Crippen LogP contribution in [-0.4, -0.2) is 11.4 Å². The molecule has 0 radical (unpaired) electrons. The summed E-state index contributed by atoms with van der Waals surface area (Å²) in [4.78, 5) is 2.25. The summed E-state index contributed by atoms with van der Waals surface area (Å²) in [5, 5.41) is 1.22. The molecule has 0 spiro atoms. The van der Waals surface area contributed by atoms with E-state index in [1.165, 1.54) is 40.5 Å². The first-order chi connectivity index (χ1) is 9.16. The topological polar surface area (TPSA) is 42.2 Å². The highest BCUT2D eigenvalue weighted by atomic mass is 79.9. The third-order valence-corrected chi connectivity index (χ3v) is 5.20. The van der Waals surface area contributed by atoms with Crippen LogP contribution in [0.5, 0.6) is 0 Å². The van der Waals surface area contributed by atoms with Crippen molar-refractivity contribution in [2.45, 2.75) is 25.3 Å². The lowest BCUT2D eigenvalue weighted by atomic mass is 10.2. The van der Waals surface area contributed by atoms with Gasteiger partial charge in [-0.3, -0.25) is 0 Å². The summed E-state index contributed by atoms with van der Waals surface area (Å²) in [7, 11) is 2.11. The predicted molar refractivity (Wildman–Crippen MR) is 84.8 cm³/mol. The summed E-state index contributed by atoms with van der Waals surface area (Å²) in [5.74, 6) is 1.36. The molecule has 2 N–H and O–H groups in total. The van der Waals surface area contributed by atoms with E-state index in [9.17, 15) is 0 Å². The zero-order valence-electron chi connectivity index (χ0n) is 10.8. The summed E-state index contributed by atoms with van der Waals surface area (Å²) in [6, 6.07) is 8.32. The molecule has 1 aromatic heterocycles. The maximum atomic E-state index is 6.01. The van der Waals surface area contributed by atoms with Crippen molar-refractivity contribution in [1.82, 2.24) is 4.37 Å². The molecule has 1 aromatic carbocycles. The number of hydrogen-bond acceptors (Lipinski definition) is 4. The average Bonchev–Trinajstić information content (AvgIpc) is 3.15. The zero-order valence-corrected chi connectivity index (χ0v) is 13.2. The van der Waals surface area contributed by atoms with E-state index in [1.54, 1.807) is 0 Å². The minimum absolute atomic E-state index is 0.635. The molecule has 1 heterocycles. The molecule has 0 unspecified atom stereocenters. The molecule has 0 amide bonds. The van der Waals surface area contributed by atoms with E-state index in [0.717, 1.165) is 16.8 Å². The first kappa shape index (κ1) is 12.9. The molecule has 0 atom stereocenters. The van der Waals surface area contributed by atoms with Crippen molar-refractivity contribution >= 4 is 38.3 Å². The molecule has 0 aliphatic heterocycles. The Hall–Kier alpha value is -1.07. The van der Waals surface area contributed by atoms with Gasteiger partial charge >= 0.3 is 0 Å². The predicted octanol–water partition coefficient (Wildman–Crippen LogP) is 4.00. The molecule has 1 aliphatic rings. The van der Waals surface area contributed by atoms with Gasteiger partial charge in [0.1, 0.15) is 10.8 Å². The molecule has 0 saturated heterocycles. The summed E-state index contributed by atoms with van der Waals surface area (Å²) < 4.78 is 5.47. The van der Waals surface area contributed by atoms with E-state index in [1.807, 2.05) is 6.07 Å². The van der Waals surface area contributed by atoms with E-state index >= 15 is 0 Å². The van der Waals surface area contributed by atoms with E-state index in [-0.39, 0.29) is 0 Å². The van der Waals surface area contributed by atoms with Crippen molar-refractivity contribution in [2.24, 2.45) is 0 Å². The van der Waals surface area contributed by atoms with Crippen molar-refractivity contribution in [1.29, 1.82) is 0 Å². The number of nitrogen functional groups attached to an aromatic ring is 1. The lowest BCUT2D eigenvalue weighted by molar-refractivity contribution is 0.917. The van der Waals surface area contributed by atoms with Crippen molar-refractivity contribution in [2.75, 3.05) is 17.7 Å². The monoisotopic (exact) mass is 337 g/mol. The normalized spacial score (nSPS) is 14.6. The van der Waals surface area contributed by atoms with Crippen LogP contribution >= 0.6 is 27.5 Å². The minimum Gasteiger partial charge on any atom is -0.383 e. The van der Waals surface area contributed by atoms with Crippen molar-refractivity contribution in [3.8, 4) is 0 Å². The van der Waals surface area contributed by atoms with Gasteiger partial charge in [0.2, 0.25) is 0 Å². The molecular weight excluding hydrogens is 322 g/mol. The Bertz CT molecular complexity index is 592. The maximum absolute atomic E-state index is 6.01. The number of nitrogens with zero attached hydrogens (tertiary/aromatic N) is 2. The van der Waals surface area contributed by atoms with Crippen molar-refractivity contribution in [3.63, 3.8) is 0 Å². The van der Waals surface area contributed by atoms with Gasteiger partial charge in [-0.05, 0) is 41.9 Å². The molecule has 3 rings (SSSR count). The first-order valence-corrected chi connectivity index (χ1v) is 7.93. The SMILES string of the molecule is CN(Cc1ccccc1Br)c1snc(N)c1C1CC1. The van der Waals surface area contributed by atoms with Crippen molar-refractivity contribution < 1.29 is 0 Å². The van der Waals surface area contributed by atoms with E-state index < -0.39 is 0 Å². The van der Waals surface area contributed by atoms with Crippen LogP contribution < -0.4 is 10.6 Å². The molecule has 100 valence electrons. The summed E-state index contributed by atoms with van der Waals surface area (Å²) in [6.45, 7) is 0.864. The van der Waals surface area contributed by atoms with E-state index in [4.69, 9.17) is 5.73 Å². The fourth-order valence-corrected chi connectivity index (χ4v) is 3.55. The standard InChI is InChI=1S/C14H16BrN3S/c1-18(8-10-4-2-3-5-11(10)15)14-12(9-6-7-9)13(16)17-19-14/h2-5,9H,6-8H2,1H3,(H2,16,17). The largest absolute Gasteiger partial charge is 0.383 e. The van der Waals surface area contributed by atoms with Gasteiger partial charge in [0.25, 0.3) is 0 Å². The molecular formula is C14H16BrN3S. The van der Waals surface area contributed by atoms with Crippen molar-refractivity contribution in [3.05, 3.63) is 39.9 Å². The fraction of sp³-hybridized carbons (Fsp3) is 0.357. The summed E-state index contributed by atoms with van der Waals surface area (Å²) in [6.07, 6.45) is 2.50. The van der Waals surface area contributed by atoms with Crippen LogP contribution in [0.3, 0.4) is 0 Å². The van der Waals surface area contributed by atoms with Gasteiger partial charge in [-0.25, -0.2) is 0 Å². The Morgan fingerprint density at radius 3 is 2.84 bits per heavy atom. The maximum Gasteiger partial charge on any atom is 0.142 e. The van der Waals surface area contributed by atoms with Crippen LogP contribution in [0, 0.1) is 0 Å². The Kier molecular flexibility index (Phi) is 3.50. The fourth-order valence-electron chi connectivity index (χ4n) is 2.29. The number of benzene rings is 1. The van der Waals surface area contributed by atoms with Gasteiger partial charge in [-0.2, -0.15) is 4.37 Å². The van der Waals surface area contributed by atoms with Crippen LogP contribution in [0.4, 0.5) is 10.8 Å². The average molecular weight is 338 g/mol. The molecule has 19 heavy (non-hydrogen) atoms. The highest BCUT2D eigenvalue weighted by Gasteiger charge is 2.31. The minimum atomic E-state index is 0.635. The third kappa shape index (κ3) is 2.62. The van der Waals surface area contributed by atoms with Crippen LogP contribution in [-0.2, 0) is 6.54 Å². The van der Waals surface area contributed by atoms with Gasteiger partial charge in [-0.1, -0.05) is 34.1 Å². The van der Waals surface area contributed by atoms with Gasteiger partial charge < -0.3 is 10.6 Å². The quantitative estimate of drug-likeness (QED) is 0.916. The Labute approximate surface area is 125 Å². The molecule has 1 saturated carbocycles. The van der Waals surface area contributed by atoms with Crippen LogP contribution in [0.1, 0.15) is 29.9 Å². The molecule has 5 heteroatoms. The van der Waals surface area contributed by atoms with Gasteiger partial charge in [0.05, 0.1) is 0 Å². The van der Waals surface area contributed by atoms with Crippen LogP contribution in [0.25, 0.3) is 0 Å². The highest BCUT2D eigenvalue weighted by molar-refractivity contribution is 9.10. The summed E-state index contributed by atoms with van der Waals surface area (Å²) >= 11 is 5.11. The van der Waals surface area contributed by atoms with Crippen LogP contribution in [0.2, 0.25) is 0 Å². The molecule has 2 aromatic rings. The number of aromatic nitrogens is 1.